The SMILES string of the molecule is Nc1c(NNC(=O)c2cccc3ccccc23)ncnc1N1CCC(Cc2ccccc2)CC1. The van der Waals surface area contributed by atoms with Gasteiger partial charge in [0.1, 0.15) is 12.0 Å². The molecule has 0 radical (unpaired) electrons. The first-order chi connectivity index (χ1) is 16.7. The number of rotatable bonds is 6. The summed E-state index contributed by atoms with van der Waals surface area (Å²) < 4.78 is 0. The molecular formula is C27H28N6O. The van der Waals surface area contributed by atoms with Gasteiger partial charge in [-0.1, -0.05) is 66.7 Å². The summed E-state index contributed by atoms with van der Waals surface area (Å²) in [6.45, 7) is 1.78. The molecule has 3 aromatic carbocycles. The summed E-state index contributed by atoms with van der Waals surface area (Å²) in [4.78, 5) is 23.7. The number of aromatic nitrogens is 2. The minimum atomic E-state index is -0.252. The highest BCUT2D eigenvalue weighted by Crippen LogP contribution is 2.30. The Morgan fingerprint density at radius 2 is 1.68 bits per heavy atom. The second kappa shape index (κ2) is 9.79. The smallest absolute Gasteiger partial charge is 0.270 e. The zero-order valence-corrected chi connectivity index (χ0v) is 18.9. The molecule has 4 aromatic rings. The fourth-order valence-corrected chi connectivity index (χ4v) is 4.64. The first-order valence-corrected chi connectivity index (χ1v) is 11.6. The van der Waals surface area contributed by atoms with Crippen molar-refractivity contribution in [3.63, 3.8) is 0 Å². The Balaban J connectivity index is 1.23. The molecule has 0 bridgehead atoms. The largest absolute Gasteiger partial charge is 0.393 e. The molecule has 1 saturated heterocycles. The van der Waals surface area contributed by atoms with E-state index in [0.29, 0.717) is 28.8 Å². The van der Waals surface area contributed by atoms with Crippen LogP contribution in [0, 0.1) is 5.92 Å². The number of hydrazine groups is 1. The molecule has 1 aliphatic rings. The lowest BCUT2D eigenvalue weighted by Gasteiger charge is -2.33. The van der Waals surface area contributed by atoms with E-state index in [2.05, 4.69) is 56.1 Å². The van der Waals surface area contributed by atoms with Crippen molar-refractivity contribution in [3.8, 4) is 0 Å². The van der Waals surface area contributed by atoms with E-state index >= 15 is 0 Å². The first-order valence-electron chi connectivity index (χ1n) is 11.6. The number of anilines is 3. The normalized spacial score (nSPS) is 14.2. The van der Waals surface area contributed by atoms with Crippen molar-refractivity contribution >= 4 is 34.0 Å². The summed E-state index contributed by atoms with van der Waals surface area (Å²) >= 11 is 0. The molecule has 1 aromatic heterocycles. The van der Waals surface area contributed by atoms with Gasteiger partial charge in [0.25, 0.3) is 5.91 Å². The van der Waals surface area contributed by atoms with Crippen LogP contribution in [0.5, 0.6) is 0 Å². The van der Waals surface area contributed by atoms with Crippen molar-refractivity contribution in [1.29, 1.82) is 0 Å². The van der Waals surface area contributed by atoms with E-state index in [4.69, 9.17) is 5.73 Å². The average molecular weight is 453 g/mol. The van der Waals surface area contributed by atoms with Gasteiger partial charge in [0.2, 0.25) is 0 Å². The second-order valence-electron chi connectivity index (χ2n) is 8.69. The van der Waals surface area contributed by atoms with Gasteiger partial charge >= 0.3 is 0 Å². The van der Waals surface area contributed by atoms with Gasteiger partial charge in [-0.05, 0) is 47.6 Å². The fourth-order valence-electron chi connectivity index (χ4n) is 4.64. The number of nitrogens with two attached hydrogens (primary N) is 1. The summed E-state index contributed by atoms with van der Waals surface area (Å²) in [5.74, 6) is 1.50. The Morgan fingerprint density at radius 3 is 2.50 bits per heavy atom. The highest BCUT2D eigenvalue weighted by Gasteiger charge is 2.23. The second-order valence-corrected chi connectivity index (χ2v) is 8.69. The first kappa shape index (κ1) is 21.7. The van der Waals surface area contributed by atoms with Gasteiger partial charge in [-0.15, -0.1) is 0 Å². The van der Waals surface area contributed by atoms with Gasteiger partial charge in [-0.2, -0.15) is 0 Å². The summed E-state index contributed by atoms with van der Waals surface area (Å²) in [5, 5.41) is 1.90. The number of nitrogens with one attached hydrogen (secondary N) is 2. The Kier molecular flexibility index (Phi) is 6.25. The summed E-state index contributed by atoms with van der Waals surface area (Å²) in [7, 11) is 0. The number of fused-ring (bicyclic) bond motifs is 1. The number of carbonyl (C=O) groups excluding carboxylic acids is 1. The van der Waals surface area contributed by atoms with Crippen LogP contribution in [0.2, 0.25) is 0 Å². The number of piperidine rings is 1. The van der Waals surface area contributed by atoms with Gasteiger partial charge in [-0.3, -0.25) is 15.6 Å². The Morgan fingerprint density at radius 1 is 0.941 bits per heavy atom. The van der Waals surface area contributed by atoms with Crippen molar-refractivity contribution in [3.05, 3.63) is 90.3 Å². The molecule has 5 rings (SSSR count). The van der Waals surface area contributed by atoms with Crippen LogP contribution in [0.25, 0.3) is 10.8 Å². The van der Waals surface area contributed by atoms with Crippen LogP contribution in [0.15, 0.2) is 79.1 Å². The summed E-state index contributed by atoms with van der Waals surface area (Å²) in [6, 6.07) is 24.1. The summed E-state index contributed by atoms with van der Waals surface area (Å²) in [5.41, 5.74) is 14.4. The highest BCUT2D eigenvalue weighted by molar-refractivity contribution is 6.07. The molecule has 2 heterocycles. The number of nitrogen functional groups attached to an aromatic ring is 1. The quantitative estimate of drug-likeness (QED) is 0.375. The molecule has 7 heteroatoms. The van der Waals surface area contributed by atoms with Crippen LogP contribution in [0.3, 0.4) is 0 Å². The predicted octanol–water partition coefficient (Wildman–Crippen LogP) is 4.43. The van der Waals surface area contributed by atoms with Crippen molar-refractivity contribution in [2.75, 3.05) is 29.1 Å². The van der Waals surface area contributed by atoms with E-state index in [9.17, 15) is 4.79 Å². The lowest BCUT2D eigenvalue weighted by atomic mass is 9.90. The van der Waals surface area contributed by atoms with Gasteiger partial charge in [0.05, 0.1) is 0 Å². The zero-order valence-electron chi connectivity index (χ0n) is 18.9. The molecule has 0 atom stereocenters. The number of hydrogen-bond donors (Lipinski definition) is 3. The van der Waals surface area contributed by atoms with Crippen LogP contribution < -0.4 is 21.5 Å². The molecule has 0 saturated carbocycles. The molecule has 7 nitrogen and oxygen atoms in total. The third-order valence-corrected chi connectivity index (χ3v) is 6.47. The molecule has 1 fully saturated rings. The summed E-state index contributed by atoms with van der Waals surface area (Å²) in [6.07, 6.45) is 4.74. The Labute approximate surface area is 199 Å². The van der Waals surface area contributed by atoms with Crippen LogP contribution >= 0.6 is 0 Å². The topological polar surface area (TPSA) is 96.2 Å². The fraction of sp³-hybridized carbons (Fsp3) is 0.222. The third-order valence-electron chi connectivity index (χ3n) is 6.47. The van der Waals surface area contributed by atoms with Crippen molar-refractivity contribution < 1.29 is 4.79 Å². The number of carbonyl (C=O) groups is 1. The predicted molar refractivity (Wildman–Crippen MR) is 137 cm³/mol. The molecule has 34 heavy (non-hydrogen) atoms. The zero-order chi connectivity index (χ0) is 23.3. The van der Waals surface area contributed by atoms with E-state index in [1.165, 1.54) is 11.9 Å². The molecule has 0 aliphatic carbocycles. The van der Waals surface area contributed by atoms with Crippen molar-refractivity contribution in [2.45, 2.75) is 19.3 Å². The van der Waals surface area contributed by atoms with Crippen molar-refractivity contribution in [1.82, 2.24) is 15.4 Å². The van der Waals surface area contributed by atoms with E-state index in [1.54, 1.807) is 6.07 Å². The number of nitrogens with zero attached hydrogens (tertiary/aromatic N) is 3. The maximum atomic E-state index is 12.8. The highest BCUT2D eigenvalue weighted by atomic mass is 16.2. The molecule has 1 aliphatic heterocycles. The molecule has 1 amide bonds. The molecule has 0 spiro atoms. The monoisotopic (exact) mass is 452 g/mol. The molecule has 4 N–H and O–H groups in total. The van der Waals surface area contributed by atoms with Crippen LogP contribution in [-0.2, 0) is 6.42 Å². The minimum Gasteiger partial charge on any atom is -0.393 e. The van der Waals surface area contributed by atoms with Crippen LogP contribution in [-0.4, -0.2) is 29.0 Å². The van der Waals surface area contributed by atoms with Gasteiger partial charge < -0.3 is 10.6 Å². The van der Waals surface area contributed by atoms with Gasteiger partial charge in [0, 0.05) is 18.7 Å². The lowest BCUT2D eigenvalue weighted by Crippen LogP contribution is -2.36. The molecule has 0 unspecified atom stereocenters. The van der Waals surface area contributed by atoms with E-state index in [1.807, 2.05) is 36.4 Å². The number of hydrogen-bond acceptors (Lipinski definition) is 6. The number of benzene rings is 3. The average Bonchev–Trinajstić information content (AvgIpc) is 2.89. The Bertz CT molecular complexity index is 1280. The Hall–Kier alpha value is -4.13. The maximum absolute atomic E-state index is 12.8. The number of amides is 1. The lowest BCUT2D eigenvalue weighted by molar-refractivity contribution is 0.0964. The van der Waals surface area contributed by atoms with Gasteiger partial charge in [-0.25, -0.2) is 9.97 Å². The minimum absolute atomic E-state index is 0.252. The molecular weight excluding hydrogens is 424 g/mol. The van der Waals surface area contributed by atoms with Crippen LogP contribution in [0.1, 0.15) is 28.8 Å². The van der Waals surface area contributed by atoms with E-state index in [-0.39, 0.29) is 5.91 Å². The standard InChI is InChI=1S/C27H28N6O/c28-24-25(31-32-27(34)23-12-6-10-21-9-4-5-11-22(21)23)29-18-30-26(24)33-15-13-20(14-16-33)17-19-7-2-1-3-8-19/h1-12,18,20H,13-17,28H2,(H,32,34)(H,29,30,31). The molecule has 172 valence electrons. The van der Waals surface area contributed by atoms with E-state index < -0.39 is 0 Å². The van der Waals surface area contributed by atoms with E-state index in [0.717, 1.165) is 43.1 Å². The van der Waals surface area contributed by atoms with Crippen molar-refractivity contribution in [2.24, 2.45) is 5.92 Å². The maximum Gasteiger partial charge on any atom is 0.270 e. The van der Waals surface area contributed by atoms with Crippen LogP contribution in [0.4, 0.5) is 17.3 Å². The third kappa shape index (κ3) is 4.64. The van der Waals surface area contributed by atoms with Gasteiger partial charge in [0.15, 0.2) is 11.6 Å².